The first-order valence-electron chi connectivity index (χ1n) is 7.84. The van der Waals surface area contributed by atoms with E-state index in [1.807, 2.05) is 13.0 Å². The quantitative estimate of drug-likeness (QED) is 0.747. The van der Waals surface area contributed by atoms with Crippen LogP contribution in [0.1, 0.15) is 18.5 Å². The second-order valence-corrected chi connectivity index (χ2v) is 6.03. The van der Waals surface area contributed by atoms with Gasteiger partial charge in [0.15, 0.2) is 0 Å². The van der Waals surface area contributed by atoms with E-state index in [1.54, 1.807) is 18.6 Å². The number of nitrogens with one attached hydrogen (secondary N) is 1. The number of anilines is 1. The van der Waals surface area contributed by atoms with Crippen molar-refractivity contribution in [1.29, 1.82) is 0 Å². The molecule has 3 N–H and O–H groups in total. The summed E-state index contributed by atoms with van der Waals surface area (Å²) in [6.45, 7) is 3.77. The molecule has 118 valence electrons. The third kappa shape index (κ3) is 2.63. The molecule has 1 atom stereocenters. The third-order valence-corrected chi connectivity index (χ3v) is 4.30. The van der Waals surface area contributed by atoms with E-state index in [9.17, 15) is 0 Å². The van der Waals surface area contributed by atoms with E-state index in [2.05, 4.69) is 25.1 Å². The lowest BCUT2D eigenvalue weighted by atomic mass is 10.1. The van der Waals surface area contributed by atoms with Crippen molar-refractivity contribution < 1.29 is 0 Å². The lowest BCUT2D eigenvalue weighted by Gasteiger charge is -2.31. The van der Waals surface area contributed by atoms with Crippen LogP contribution in [0.15, 0.2) is 24.7 Å². The lowest BCUT2D eigenvalue weighted by Crippen LogP contribution is -2.43. The number of aromatic nitrogens is 5. The van der Waals surface area contributed by atoms with E-state index >= 15 is 0 Å². The molecule has 7 nitrogen and oxygen atoms in total. The highest BCUT2D eigenvalue weighted by molar-refractivity contribution is 5.83. The predicted molar refractivity (Wildman–Crippen MR) is 89.1 cm³/mol. The number of aromatic amines is 1. The fourth-order valence-corrected chi connectivity index (χ4v) is 3.04. The van der Waals surface area contributed by atoms with Gasteiger partial charge in [0.25, 0.3) is 0 Å². The maximum atomic E-state index is 6.07. The van der Waals surface area contributed by atoms with Gasteiger partial charge in [-0.25, -0.2) is 4.98 Å². The first-order chi connectivity index (χ1) is 11.2. The third-order valence-electron chi connectivity index (χ3n) is 4.30. The molecule has 0 aliphatic carbocycles. The summed E-state index contributed by atoms with van der Waals surface area (Å²) in [4.78, 5) is 15.8. The summed E-state index contributed by atoms with van der Waals surface area (Å²) in [5, 5.41) is 8.23. The molecule has 0 bridgehead atoms. The molecule has 23 heavy (non-hydrogen) atoms. The number of hydrogen-bond donors (Lipinski definition) is 2. The van der Waals surface area contributed by atoms with Crippen molar-refractivity contribution in [2.45, 2.75) is 25.8 Å². The van der Waals surface area contributed by atoms with Crippen molar-refractivity contribution in [2.75, 3.05) is 18.0 Å². The van der Waals surface area contributed by atoms with Crippen LogP contribution >= 0.6 is 0 Å². The number of fused-ring (bicyclic) bond motifs is 1. The Morgan fingerprint density at radius 2 is 2.17 bits per heavy atom. The van der Waals surface area contributed by atoms with Gasteiger partial charge in [-0.15, -0.1) is 0 Å². The molecule has 3 aromatic heterocycles. The highest BCUT2D eigenvalue weighted by atomic mass is 15.2. The van der Waals surface area contributed by atoms with Gasteiger partial charge in [0.2, 0.25) is 0 Å². The molecule has 7 heteroatoms. The number of hydrogen-bond acceptors (Lipinski definition) is 6. The molecule has 0 radical (unpaired) electrons. The molecule has 4 heterocycles. The van der Waals surface area contributed by atoms with Gasteiger partial charge in [-0.3, -0.25) is 15.1 Å². The zero-order valence-electron chi connectivity index (χ0n) is 13.0. The molecule has 1 saturated heterocycles. The first-order valence-corrected chi connectivity index (χ1v) is 7.84. The Balaban J connectivity index is 1.70. The maximum Gasteiger partial charge on any atom is 0.147 e. The summed E-state index contributed by atoms with van der Waals surface area (Å²) in [6, 6.07) is 2.21. The van der Waals surface area contributed by atoms with Crippen LogP contribution in [0.4, 0.5) is 5.82 Å². The van der Waals surface area contributed by atoms with Crippen LogP contribution in [0.3, 0.4) is 0 Å². The van der Waals surface area contributed by atoms with Crippen LogP contribution in [0.25, 0.3) is 22.3 Å². The number of rotatable bonds is 2. The van der Waals surface area contributed by atoms with E-state index in [4.69, 9.17) is 10.7 Å². The zero-order chi connectivity index (χ0) is 15.8. The van der Waals surface area contributed by atoms with E-state index < -0.39 is 0 Å². The zero-order valence-corrected chi connectivity index (χ0v) is 13.0. The number of nitrogens with zero attached hydrogens (tertiary/aromatic N) is 5. The molecule has 4 rings (SSSR count). The number of H-pyrrole nitrogens is 1. The molecule has 0 spiro atoms. The first kappa shape index (κ1) is 14.1. The lowest BCUT2D eigenvalue weighted by molar-refractivity contribution is 0.503. The van der Waals surface area contributed by atoms with Gasteiger partial charge in [-0.1, -0.05) is 0 Å². The largest absolute Gasteiger partial charge is 0.354 e. The van der Waals surface area contributed by atoms with E-state index in [0.717, 1.165) is 59.7 Å². The van der Waals surface area contributed by atoms with Crippen LogP contribution in [0.5, 0.6) is 0 Å². The van der Waals surface area contributed by atoms with Gasteiger partial charge in [-0.05, 0) is 25.8 Å². The molecule has 0 aromatic carbocycles. The van der Waals surface area contributed by atoms with Crippen molar-refractivity contribution in [1.82, 2.24) is 25.1 Å². The number of pyridine rings is 1. The summed E-state index contributed by atoms with van der Waals surface area (Å²) in [7, 11) is 0. The summed E-state index contributed by atoms with van der Waals surface area (Å²) in [6.07, 6.45) is 7.49. The Bertz CT molecular complexity index is 841. The fourth-order valence-electron chi connectivity index (χ4n) is 3.04. The topological polar surface area (TPSA) is 96.6 Å². The molecule has 0 amide bonds. The second kappa shape index (κ2) is 5.58. The SMILES string of the molecule is Cc1n[nH]c2cnc(-c3cncc(N4CCCC(N)C4)n3)cc12. The minimum Gasteiger partial charge on any atom is -0.354 e. The Labute approximate surface area is 134 Å². The molecule has 1 aliphatic heterocycles. The Morgan fingerprint density at radius 3 is 3.04 bits per heavy atom. The van der Waals surface area contributed by atoms with Gasteiger partial charge in [0.1, 0.15) is 11.5 Å². The van der Waals surface area contributed by atoms with Crippen molar-refractivity contribution in [2.24, 2.45) is 5.73 Å². The molecule has 1 unspecified atom stereocenters. The van der Waals surface area contributed by atoms with Crippen LogP contribution < -0.4 is 10.6 Å². The molecule has 1 aliphatic rings. The second-order valence-electron chi connectivity index (χ2n) is 6.03. The van der Waals surface area contributed by atoms with Crippen LogP contribution in [0.2, 0.25) is 0 Å². The molecular formula is C16H19N7. The summed E-state index contributed by atoms with van der Waals surface area (Å²) >= 11 is 0. The summed E-state index contributed by atoms with van der Waals surface area (Å²) < 4.78 is 0. The molecular weight excluding hydrogens is 290 g/mol. The summed E-state index contributed by atoms with van der Waals surface area (Å²) in [5.74, 6) is 0.864. The Hall–Kier alpha value is -2.54. The minimum atomic E-state index is 0.206. The minimum absolute atomic E-state index is 0.206. The van der Waals surface area contributed by atoms with E-state index in [1.165, 1.54) is 0 Å². The van der Waals surface area contributed by atoms with Crippen molar-refractivity contribution in [3.63, 3.8) is 0 Å². The maximum absolute atomic E-state index is 6.07. The summed E-state index contributed by atoms with van der Waals surface area (Å²) in [5.41, 5.74) is 9.52. The number of nitrogens with two attached hydrogens (primary N) is 1. The average molecular weight is 309 g/mol. The van der Waals surface area contributed by atoms with Crippen molar-refractivity contribution in [3.8, 4) is 11.4 Å². The normalized spacial score (nSPS) is 18.5. The number of piperidine rings is 1. The smallest absolute Gasteiger partial charge is 0.147 e. The van der Waals surface area contributed by atoms with Crippen LogP contribution in [0, 0.1) is 6.92 Å². The van der Waals surface area contributed by atoms with Crippen molar-refractivity contribution in [3.05, 3.63) is 30.4 Å². The monoisotopic (exact) mass is 309 g/mol. The fraction of sp³-hybridized carbons (Fsp3) is 0.375. The Kier molecular flexibility index (Phi) is 3.42. The van der Waals surface area contributed by atoms with Crippen LogP contribution in [-0.2, 0) is 0 Å². The standard InChI is InChI=1S/C16H19N7/c1-10-12-5-13(19-7-14(12)22-21-10)15-6-18-8-16(20-15)23-4-2-3-11(17)9-23/h5-8,11H,2-4,9,17H2,1H3,(H,21,22). The van der Waals surface area contributed by atoms with Gasteiger partial charge < -0.3 is 10.6 Å². The molecule has 0 saturated carbocycles. The predicted octanol–water partition coefficient (Wildman–Crippen LogP) is 1.65. The van der Waals surface area contributed by atoms with Gasteiger partial charge in [0, 0.05) is 24.5 Å². The van der Waals surface area contributed by atoms with Crippen LogP contribution in [-0.4, -0.2) is 44.3 Å². The number of aryl methyl sites for hydroxylation is 1. The van der Waals surface area contributed by atoms with Gasteiger partial charge >= 0.3 is 0 Å². The van der Waals surface area contributed by atoms with E-state index in [-0.39, 0.29) is 6.04 Å². The highest BCUT2D eigenvalue weighted by Crippen LogP contribution is 2.23. The van der Waals surface area contributed by atoms with Crippen molar-refractivity contribution >= 4 is 16.7 Å². The Morgan fingerprint density at radius 1 is 1.26 bits per heavy atom. The molecule has 3 aromatic rings. The van der Waals surface area contributed by atoms with Gasteiger partial charge in [0.05, 0.1) is 35.5 Å². The highest BCUT2D eigenvalue weighted by Gasteiger charge is 2.18. The van der Waals surface area contributed by atoms with Gasteiger partial charge in [-0.2, -0.15) is 5.10 Å². The van der Waals surface area contributed by atoms with E-state index in [0.29, 0.717) is 0 Å². The average Bonchev–Trinajstić information content (AvgIpc) is 2.96. The molecule has 1 fully saturated rings.